The van der Waals surface area contributed by atoms with Crippen molar-refractivity contribution in [3.8, 4) is 0 Å². The Kier molecular flexibility index (Phi) is 9.43. The van der Waals surface area contributed by atoms with E-state index in [0.29, 0.717) is 50.6 Å². The number of aliphatic carboxylic acids is 1. The van der Waals surface area contributed by atoms with E-state index in [4.69, 9.17) is 4.74 Å². The van der Waals surface area contributed by atoms with Gasteiger partial charge < -0.3 is 20.1 Å². The maximum absolute atomic E-state index is 14.1. The van der Waals surface area contributed by atoms with E-state index in [1.54, 1.807) is 19.1 Å². The molecule has 0 spiro atoms. The molecule has 226 valence electrons. The van der Waals surface area contributed by atoms with Crippen molar-refractivity contribution in [1.82, 2.24) is 5.32 Å². The molecule has 5 rings (SSSR count). The van der Waals surface area contributed by atoms with E-state index < -0.39 is 29.3 Å². The Bertz CT molecular complexity index is 1490. The molecule has 3 aromatic rings. The van der Waals surface area contributed by atoms with Crippen LogP contribution >= 0.6 is 0 Å². The quantitative estimate of drug-likeness (QED) is 0.256. The summed E-state index contributed by atoms with van der Waals surface area (Å²) in [5, 5.41) is 15.0. The van der Waals surface area contributed by atoms with Crippen LogP contribution in [-0.2, 0) is 36.8 Å². The Labute approximate surface area is 252 Å². The molecule has 1 aliphatic carbocycles. The molecule has 2 atom stereocenters. The third-order valence-electron chi connectivity index (χ3n) is 9.15. The van der Waals surface area contributed by atoms with Crippen molar-refractivity contribution in [2.75, 3.05) is 18.1 Å². The molecule has 43 heavy (non-hydrogen) atoms. The van der Waals surface area contributed by atoms with Crippen LogP contribution in [0.3, 0.4) is 0 Å². The third kappa shape index (κ3) is 6.74. The second-order valence-electron chi connectivity index (χ2n) is 11.9. The number of para-hydroxylation sites is 1. The van der Waals surface area contributed by atoms with Gasteiger partial charge in [0.25, 0.3) is 0 Å². The summed E-state index contributed by atoms with van der Waals surface area (Å²) in [5.74, 6) is -3.38. The molecule has 0 saturated heterocycles. The van der Waals surface area contributed by atoms with Crippen LogP contribution in [0.1, 0.15) is 63.0 Å². The van der Waals surface area contributed by atoms with Gasteiger partial charge in [-0.05, 0) is 79.8 Å². The van der Waals surface area contributed by atoms with Crippen LogP contribution in [-0.4, -0.2) is 48.1 Å². The zero-order valence-electron chi connectivity index (χ0n) is 24.7. The molecule has 1 heterocycles. The first-order valence-corrected chi connectivity index (χ1v) is 15.4. The molecule has 0 radical (unpaired) electrons. The number of carbonyl (C=O) groups is 4. The highest BCUT2D eigenvalue weighted by molar-refractivity contribution is 6.37. The van der Waals surface area contributed by atoms with Gasteiger partial charge in [0.15, 0.2) is 0 Å². The van der Waals surface area contributed by atoms with Gasteiger partial charge in [-0.3, -0.25) is 14.4 Å². The van der Waals surface area contributed by atoms with Gasteiger partial charge in [0, 0.05) is 18.3 Å². The molecule has 8 heteroatoms. The summed E-state index contributed by atoms with van der Waals surface area (Å²) in [5.41, 5.74) is 1.88. The highest BCUT2D eigenvalue weighted by Crippen LogP contribution is 2.45. The first kappa shape index (κ1) is 30.3. The van der Waals surface area contributed by atoms with Gasteiger partial charge in [0.05, 0.1) is 17.9 Å². The Hall–Kier alpha value is -4.20. The van der Waals surface area contributed by atoms with Crippen molar-refractivity contribution in [3.05, 3.63) is 77.9 Å². The van der Waals surface area contributed by atoms with Crippen LogP contribution in [0.25, 0.3) is 10.8 Å². The first-order valence-electron chi connectivity index (χ1n) is 15.4. The van der Waals surface area contributed by atoms with Gasteiger partial charge in [-0.15, -0.1) is 0 Å². The number of benzene rings is 3. The van der Waals surface area contributed by atoms with E-state index >= 15 is 0 Å². The van der Waals surface area contributed by atoms with E-state index in [2.05, 4.69) is 29.6 Å². The number of carboxylic acids is 1. The maximum atomic E-state index is 14.1. The maximum Gasteiger partial charge on any atom is 0.394 e. The lowest BCUT2D eigenvalue weighted by atomic mass is 9.75. The van der Waals surface area contributed by atoms with E-state index in [9.17, 15) is 24.3 Å². The fourth-order valence-electron chi connectivity index (χ4n) is 6.94. The van der Waals surface area contributed by atoms with E-state index in [0.717, 1.165) is 29.2 Å². The standard InChI is InChI=1S/C35H40N2O6/c1-2-43-33(41)27(17-16-25-13-9-12-24-10-3-5-14-29(24)25)22-35(20-7-8-21-35)34(42)36-28-19-18-26-11-4-6-15-30(26)37(23-28)31(38)32(39)40/h3-6,9-15,27-28H,2,7-8,16-23H2,1H3,(H,36,42)(H,39,40)/t27-,28-/m0/s1. The van der Waals surface area contributed by atoms with Gasteiger partial charge in [-0.1, -0.05) is 73.5 Å². The summed E-state index contributed by atoms with van der Waals surface area (Å²) in [4.78, 5) is 53.0. The number of hydrogen-bond donors (Lipinski definition) is 2. The summed E-state index contributed by atoms with van der Waals surface area (Å²) in [6, 6.07) is 21.3. The van der Waals surface area contributed by atoms with Gasteiger partial charge in [-0.25, -0.2) is 4.79 Å². The van der Waals surface area contributed by atoms with E-state index in [-0.39, 0.29) is 25.0 Å². The Morgan fingerprint density at radius 3 is 2.49 bits per heavy atom. The number of fused-ring (bicyclic) bond motifs is 2. The Morgan fingerprint density at radius 2 is 1.72 bits per heavy atom. The molecule has 3 aromatic carbocycles. The van der Waals surface area contributed by atoms with Crippen molar-refractivity contribution >= 4 is 40.2 Å². The zero-order valence-corrected chi connectivity index (χ0v) is 24.7. The predicted octanol–water partition coefficient (Wildman–Crippen LogP) is 5.45. The lowest BCUT2D eigenvalue weighted by molar-refractivity contribution is -0.150. The largest absolute Gasteiger partial charge is 0.474 e. The topological polar surface area (TPSA) is 113 Å². The molecular weight excluding hydrogens is 544 g/mol. The first-order chi connectivity index (χ1) is 20.8. The summed E-state index contributed by atoms with van der Waals surface area (Å²) in [6.07, 6.45) is 5.97. The summed E-state index contributed by atoms with van der Waals surface area (Å²) >= 11 is 0. The Morgan fingerprint density at radius 1 is 1.00 bits per heavy atom. The number of amides is 2. The number of rotatable bonds is 9. The van der Waals surface area contributed by atoms with Crippen LogP contribution in [0.2, 0.25) is 0 Å². The lowest BCUT2D eigenvalue weighted by Crippen LogP contribution is -2.51. The van der Waals surface area contributed by atoms with Gasteiger partial charge in [-0.2, -0.15) is 0 Å². The van der Waals surface area contributed by atoms with Gasteiger partial charge >= 0.3 is 17.8 Å². The van der Waals surface area contributed by atoms with E-state index in [1.165, 1.54) is 10.5 Å². The van der Waals surface area contributed by atoms with Crippen LogP contribution in [0, 0.1) is 11.3 Å². The van der Waals surface area contributed by atoms with Crippen molar-refractivity contribution in [2.24, 2.45) is 11.3 Å². The molecule has 0 bridgehead atoms. The fourth-order valence-corrected chi connectivity index (χ4v) is 6.94. The smallest absolute Gasteiger partial charge is 0.394 e. The summed E-state index contributed by atoms with van der Waals surface area (Å²) in [6.45, 7) is 2.15. The average molecular weight is 585 g/mol. The molecule has 1 fully saturated rings. The van der Waals surface area contributed by atoms with Crippen molar-refractivity contribution < 1.29 is 29.0 Å². The van der Waals surface area contributed by atoms with Crippen LogP contribution in [0.4, 0.5) is 5.69 Å². The molecule has 0 unspecified atom stereocenters. The summed E-state index contributed by atoms with van der Waals surface area (Å²) in [7, 11) is 0. The number of esters is 1. The molecule has 1 saturated carbocycles. The normalized spacial score (nSPS) is 18.3. The molecule has 2 amide bonds. The fraction of sp³-hybridized carbons (Fsp3) is 0.429. The third-order valence-corrected chi connectivity index (χ3v) is 9.15. The minimum Gasteiger partial charge on any atom is -0.474 e. The molecular formula is C35H40N2O6. The number of ether oxygens (including phenoxy) is 1. The van der Waals surface area contributed by atoms with Crippen molar-refractivity contribution in [1.29, 1.82) is 0 Å². The van der Waals surface area contributed by atoms with Gasteiger partial charge in [0.2, 0.25) is 5.91 Å². The number of anilines is 1. The molecule has 8 nitrogen and oxygen atoms in total. The Balaban J connectivity index is 1.34. The second-order valence-corrected chi connectivity index (χ2v) is 11.9. The molecule has 2 N–H and O–H groups in total. The minimum absolute atomic E-state index is 0.0757. The number of nitrogens with one attached hydrogen (secondary N) is 1. The molecule has 1 aliphatic heterocycles. The minimum atomic E-state index is -1.53. The number of aryl methyl sites for hydroxylation is 2. The van der Waals surface area contributed by atoms with Crippen LogP contribution < -0.4 is 10.2 Å². The van der Waals surface area contributed by atoms with Crippen molar-refractivity contribution in [2.45, 2.75) is 70.8 Å². The number of hydrogen-bond acceptors (Lipinski definition) is 5. The number of carbonyl (C=O) groups excluding carboxylic acids is 3. The zero-order chi connectivity index (χ0) is 30.4. The molecule has 2 aliphatic rings. The monoisotopic (exact) mass is 584 g/mol. The highest BCUT2D eigenvalue weighted by Gasteiger charge is 2.45. The predicted molar refractivity (Wildman–Crippen MR) is 165 cm³/mol. The van der Waals surface area contributed by atoms with Gasteiger partial charge in [0.1, 0.15) is 0 Å². The van der Waals surface area contributed by atoms with Crippen LogP contribution in [0.15, 0.2) is 66.7 Å². The highest BCUT2D eigenvalue weighted by atomic mass is 16.5. The van der Waals surface area contributed by atoms with Crippen molar-refractivity contribution in [3.63, 3.8) is 0 Å². The summed E-state index contributed by atoms with van der Waals surface area (Å²) < 4.78 is 5.51. The number of carboxylic acid groups (broad SMARTS) is 1. The number of nitrogens with zero attached hydrogens (tertiary/aromatic N) is 1. The van der Waals surface area contributed by atoms with E-state index in [1.807, 2.05) is 30.3 Å². The second kappa shape index (κ2) is 13.4. The SMILES string of the molecule is CCOC(=O)[C@@H](CCc1cccc2ccccc12)CC1(C(=O)N[C@H]2CCc3ccccc3N(C(=O)C(=O)O)C2)CCCC1. The average Bonchev–Trinajstić information content (AvgIpc) is 3.42. The van der Waals surface area contributed by atoms with Crippen LogP contribution in [0.5, 0.6) is 0 Å². The lowest BCUT2D eigenvalue weighted by Gasteiger charge is -2.33. The molecule has 0 aromatic heterocycles.